The van der Waals surface area contributed by atoms with Gasteiger partial charge >= 0.3 is 0 Å². The van der Waals surface area contributed by atoms with Crippen LogP contribution in [-0.4, -0.2) is 4.57 Å². The Morgan fingerprint density at radius 3 is 2.62 bits per heavy atom. The van der Waals surface area contributed by atoms with Gasteiger partial charge in [-0.1, -0.05) is 25.4 Å². The van der Waals surface area contributed by atoms with E-state index in [2.05, 4.69) is 31.5 Å². The van der Waals surface area contributed by atoms with E-state index >= 15 is 0 Å². The van der Waals surface area contributed by atoms with Crippen LogP contribution >= 0.6 is 11.6 Å². The third-order valence-electron chi connectivity index (χ3n) is 3.10. The van der Waals surface area contributed by atoms with E-state index in [-0.39, 0.29) is 0 Å². The third-order valence-corrected chi connectivity index (χ3v) is 3.33. The van der Waals surface area contributed by atoms with Crippen LogP contribution < -0.4 is 5.73 Å². The molecular weight excluding hydrogens is 220 g/mol. The van der Waals surface area contributed by atoms with E-state index in [1.807, 2.05) is 12.1 Å². The lowest BCUT2D eigenvalue weighted by Crippen LogP contribution is -2.06. The van der Waals surface area contributed by atoms with Crippen molar-refractivity contribution in [3.8, 4) is 0 Å². The molecule has 0 radical (unpaired) electrons. The van der Waals surface area contributed by atoms with Gasteiger partial charge in [0.05, 0.1) is 0 Å². The highest BCUT2D eigenvalue weighted by atomic mass is 35.5. The Morgan fingerprint density at radius 2 is 2.06 bits per heavy atom. The van der Waals surface area contributed by atoms with Gasteiger partial charge in [0, 0.05) is 35.2 Å². The molecule has 0 bridgehead atoms. The maximum absolute atomic E-state index is 6.06. The SMILES string of the molecule is CC(C)c1c(CN)n(C)c2ccc(Cl)cc12. The first kappa shape index (κ1) is 11.5. The molecule has 1 aromatic heterocycles. The average molecular weight is 237 g/mol. The summed E-state index contributed by atoms with van der Waals surface area (Å²) in [5.41, 5.74) is 9.56. The van der Waals surface area contributed by atoms with Gasteiger partial charge in [0.1, 0.15) is 0 Å². The molecule has 0 aliphatic rings. The fourth-order valence-corrected chi connectivity index (χ4v) is 2.56. The van der Waals surface area contributed by atoms with Crippen molar-refractivity contribution >= 4 is 22.5 Å². The van der Waals surface area contributed by atoms with Crippen LogP contribution in [0.1, 0.15) is 31.0 Å². The molecule has 0 aliphatic carbocycles. The molecule has 2 N–H and O–H groups in total. The second kappa shape index (κ2) is 4.11. The van der Waals surface area contributed by atoms with Crippen molar-refractivity contribution in [2.24, 2.45) is 12.8 Å². The first-order valence-electron chi connectivity index (χ1n) is 5.53. The molecule has 1 aromatic carbocycles. The summed E-state index contributed by atoms with van der Waals surface area (Å²) >= 11 is 6.06. The zero-order chi connectivity index (χ0) is 11.9. The van der Waals surface area contributed by atoms with E-state index in [0.717, 1.165) is 5.02 Å². The van der Waals surface area contributed by atoms with Crippen LogP contribution in [0.5, 0.6) is 0 Å². The molecule has 3 heteroatoms. The Labute approximate surface area is 101 Å². The fourth-order valence-electron chi connectivity index (χ4n) is 2.39. The molecule has 2 rings (SSSR count). The van der Waals surface area contributed by atoms with Crippen LogP contribution in [0.4, 0.5) is 0 Å². The number of nitrogens with two attached hydrogens (primary N) is 1. The highest BCUT2D eigenvalue weighted by Crippen LogP contribution is 2.32. The Morgan fingerprint density at radius 1 is 1.38 bits per heavy atom. The minimum absolute atomic E-state index is 0.459. The normalized spacial score (nSPS) is 11.6. The predicted molar refractivity (Wildman–Crippen MR) is 69.9 cm³/mol. The van der Waals surface area contributed by atoms with Gasteiger partial charge in [0.2, 0.25) is 0 Å². The van der Waals surface area contributed by atoms with E-state index in [9.17, 15) is 0 Å². The Bertz CT molecular complexity index is 526. The van der Waals surface area contributed by atoms with Gasteiger partial charge in [-0.15, -0.1) is 0 Å². The maximum Gasteiger partial charge on any atom is 0.0484 e. The highest BCUT2D eigenvalue weighted by Gasteiger charge is 2.16. The van der Waals surface area contributed by atoms with Gasteiger partial charge < -0.3 is 10.3 Å². The minimum Gasteiger partial charge on any atom is -0.346 e. The van der Waals surface area contributed by atoms with Crippen LogP contribution in [0.15, 0.2) is 18.2 Å². The van der Waals surface area contributed by atoms with Crippen molar-refractivity contribution in [3.63, 3.8) is 0 Å². The number of rotatable bonds is 2. The number of aryl methyl sites for hydroxylation is 1. The summed E-state index contributed by atoms with van der Waals surface area (Å²) in [5, 5.41) is 2.01. The fraction of sp³-hybridized carbons (Fsp3) is 0.385. The molecule has 2 nitrogen and oxygen atoms in total. The zero-order valence-electron chi connectivity index (χ0n) is 9.92. The van der Waals surface area contributed by atoms with Crippen molar-refractivity contribution in [1.29, 1.82) is 0 Å². The molecule has 0 aliphatic heterocycles. The number of fused-ring (bicyclic) bond motifs is 1. The van der Waals surface area contributed by atoms with Gasteiger partial charge in [0.25, 0.3) is 0 Å². The quantitative estimate of drug-likeness (QED) is 0.851. The van der Waals surface area contributed by atoms with Crippen molar-refractivity contribution in [1.82, 2.24) is 4.57 Å². The summed E-state index contributed by atoms with van der Waals surface area (Å²) in [6.45, 7) is 4.94. The lowest BCUT2D eigenvalue weighted by Gasteiger charge is -2.08. The third kappa shape index (κ3) is 1.62. The number of benzene rings is 1. The van der Waals surface area contributed by atoms with E-state index in [4.69, 9.17) is 17.3 Å². The van der Waals surface area contributed by atoms with Crippen molar-refractivity contribution < 1.29 is 0 Å². The van der Waals surface area contributed by atoms with Crippen LogP contribution in [0.3, 0.4) is 0 Å². The molecule has 1 heterocycles. The molecule has 0 atom stereocenters. The Balaban J connectivity index is 2.87. The van der Waals surface area contributed by atoms with Crippen LogP contribution in [0.25, 0.3) is 10.9 Å². The summed E-state index contributed by atoms with van der Waals surface area (Å²) in [6, 6.07) is 6.02. The van der Waals surface area contributed by atoms with Crippen molar-refractivity contribution in [2.75, 3.05) is 0 Å². The molecule has 0 unspecified atom stereocenters. The molecule has 0 fully saturated rings. The number of hydrogen-bond acceptors (Lipinski definition) is 1. The highest BCUT2D eigenvalue weighted by molar-refractivity contribution is 6.31. The monoisotopic (exact) mass is 236 g/mol. The van der Waals surface area contributed by atoms with Crippen molar-refractivity contribution in [3.05, 3.63) is 34.5 Å². The van der Waals surface area contributed by atoms with Crippen LogP contribution in [0, 0.1) is 0 Å². The molecule has 86 valence electrons. The summed E-state index contributed by atoms with van der Waals surface area (Å²) in [6.07, 6.45) is 0. The van der Waals surface area contributed by atoms with Gasteiger partial charge in [-0.05, 0) is 29.7 Å². The molecule has 0 saturated heterocycles. The van der Waals surface area contributed by atoms with E-state index < -0.39 is 0 Å². The molecule has 0 saturated carbocycles. The summed E-state index contributed by atoms with van der Waals surface area (Å²) in [5.74, 6) is 0.459. The number of nitrogens with zero attached hydrogens (tertiary/aromatic N) is 1. The number of hydrogen-bond donors (Lipinski definition) is 1. The lowest BCUT2D eigenvalue weighted by molar-refractivity contribution is 0.788. The summed E-state index contributed by atoms with van der Waals surface area (Å²) in [7, 11) is 2.06. The summed E-state index contributed by atoms with van der Waals surface area (Å²) in [4.78, 5) is 0. The number of aromatic nitrogens is 1. The Hall–Kier alpha value is -0.990. The smallest absolute Gasteiger partial charge is 0.0484 e. The van der Waals surface area contributed by atoms with Crippen LogP contribution in [-0.2, 0) is 13.6 Å². The average Bonchev–Trinajstić information content (AvgIpc) is 2.50. The topological polar surface area (TPSA) is 30.9 Å². The minimum atomic E-state index is 0.459. The lowest BCUT2D eigenvalue weighted by atomic mass is 9.99. The van der Waals surface area contributed by atoms with E-state index in [1.165, 1.54) is 22.2 Å². The van der Waals surface area contributed by atoms with Gasteiger partial charge in [0.15, 0.2) is 0 Å². The molecule has 16 heavy (non-hydrogen) atoms. The largest absolute Gasteiger partial charge is 0.346 e. The van der Waals surface area contributed by atoms with Gasteiger partial charge in [-0.3, -0.25) is 0 Å². The molecule has 2 aromatic rings. The zero-order valence-corrected chi connectivity index (χ0v) is 10.7. The standard InChI is InChI=1S/C13H17ClN2/c1-8(2)13-10-6-9(14)4-5-11(10)16(3)12(13)7-15/h4-6,8H,7,15H2,1-3H3. The van der Waals surface area contributed by atoms with Crippen molar-refractivity contribution in [2.45, 2.75) is 26.3 Å². The van der Waals surface area contributed by atoms with Crippen LogP contribution in [0.2, 0.25) is 5.02 Å². The first-order chi connectivity index (χ1) is 7.56. The van der Waals surface area contributed by atoms with E-state index in [1.54, 1.807) is 0 Å². The first-order valence-corrected chi connectivity index (χ1v) is 5.90. The summed E-state index contributed by atoms with van der Waals surface area (Å²) < 4.78 is 2.17. The van der Waals surface area contributed by atoms with Gasteiger partial charge in [-0.25, -0.2) is 0 Å². The Kier molecular flexibility index (Phi) is 2.96. The number of halogens is 1. The van der Waals surface area contributed by atoms with Gasteiger partial charge in [-0.2, -0.15) is 0 Å². The second-order valence-electron chi connectivity index (χ2n) is 4.44. The molecule has 0 spiro atoms. The maximum atomic E-state index is 6.06. The molecule has 0 amide bonds. The second-order valence-corrected chi connectivity index (χ2v) is 4.88. The van der Waals surface area contributed by atoms with E-state index in [0.29, 0.717) is 12.5 Å². The predicted octanol–water partition coefficient (Wildman–Crippen LogP) is 3.41. The molecular formula is C13H17ClN2.